The van der Waals surface area contributed by atoms with Crippen molar-refractivity contribution < 1.29 is 12.8 Å². The van der Waals surface area contributed by atoms with Crippen LogP contribution in [-0.2, 0) is 23.8 Å². The summed E-state index contributed by atoms with van der Waals surface area (Å²) < 4.78 is 44.4. The Hall–Kier alpha value is -1.03. The number of piperidine rings is 1. The molecule has 1 aromatic heterocycles. The van der Waals surface area contributed by atoms with Gasteiger partial charge in [0, 0.05) is 64.6 Å². The highest BCUT2D eigenvalue weighted by molar-refractivity contribution is 7.86. The number of halogens is 1. The predicted octanol–water partition coefficient (Wildman–Crippen LogP) is 1.24. The van der Waals surface area contributed by atoms with Gasteiger partial charge in [-0.2, -0.15) is 22.1 Å². The maximum absolute atomic E-state index is 14.0. The Kier molecular flexibility index (Phi) is 6.01. The Labute approximate surface area is 155 Å². The van der Waals surface area contributed by atoms with Gasteiger partial charge in [0.05, 0.1) is 6.20 Å². The number of rotatable bonds is 6. The van der Waals surface area contributed by atoms with Gasteiger partial charge in [-0.3, -0.25) is 9.58 Å². The van der Waals surface area contributed by atoms with Crippen molar-refractivity contribution in [2.75, 3.05) is 33.2 Å². The van der Waals surface area contributed by atoms with Gasteiger partial charge in [0.2, 0.25) is 0 Å². The van der Waals surface area contributed by atoms with Crippen LogP contribution < -0.4 is 0 Å². The molecule has 2 aliphatic rings. The molecule has 0 amide bonds. The van der Waals surface area contributed by atoms with Gasteiger partial charge in [-0.1, -0.05) is 6.92 Å². The van der Waals surface area contributed by atoms with E-state index in [1.165, 1.54) is 4.31 Å². The molecule has 3 rings (SSSR count). The van der Waals surface area contributed by atoms with Gasteiger partial charge in [-0.25, -0.2) is 4.39 Å². The van der Waals surface area contributed by atoms with Gasteiger partial charge in [-0.15, -0.1) is 0 Å². The molecule has 0 bridgehead atoms. The first-order valence-electron chi connectivity index (χ1n) is 9.32. The molecule has 2 atom stereocenters. The standard InChI is InChI=1S/C17H30FN5O2S/c1-14-4-6-23(7-5-14)26(24,25)21(3)13-17-8-16(18)12-22(17)11-15-9-19-20(2)10-15/h9-10,14,16-17H,4-8,11-13H2,1-3H3/t16-,17-/m0/s1. The van der Waals surface area contributed by atoms with Crippen LogP contribution in [0.1, 0.15) is 31.7 Å². The van der Waals surface area contributed by atoms with E-state index in [0.29, 0.717) is 45.1 Å². The van der Waals surface area contributed by atoms with E-state index in [9.17, 15) is 12.8 Å². The number of nitrogens with zero attached hydrogens (tertiary/aromatic N) is 5. The van der Waals surface area contributed by atoms with Crippen LogP contribution in [0.15, 0.2) is 12.4 Å². The summed E-state index contributed by atoms with van der Waals surface area (Å²) >= 11 is 0. The molecule has 0 aromatic carbocycles. The molecule has 148 valence electrons. The van der Waals surface area contributed by atoms with E-state index in [0.717, 1.165) is 18.4 Å². The van der Waals surface area contributed by atoms with Crippen molar-refractivity contribution in [3.05, 3.63) is 18.0 Å². The van der Waals surface area contributed by atoms with E-state index in [-0.39, 0.29) is 6.04 Å². The highest BCUT2D eigenvalue weighted by atomic mass is 32.2. The van der Waals surface area contributed by atoms with Gasteiger partial charge in [-0.05, 0) is 25.2 Å². The maximum atomic E-state index is 14.0. The SMILES string of the molecule is CC1CCN(S(=O)(=O)N(C)C[C@@H]2C[C@H](F)CN2Cc2cnn(C)c2)CC1. The summed E-state index contributed by atoms with van der Waals surface area (Å²) in [5.41, 5.74) is 1.02. The molecule has 7 nitrogen and oxygen atoms in total. The fraction of sp³-hybridized carbons (Fsp3) is 0.824. The summed E-state index contributed by atoms with van der Waals surface area (Å²) in [5.74, 6) is 0.573. The van der Waals surface area contributed by atoms with Crippen LogP contribution in [0.4, 0.5) is 4.39 Å². The fourth-order valence-electron chi connectivity index (χ4n) is 3.90. The van der Waals surface area contributed by atoms with Crippen molar-refractivity contribution >= 4 is 10.2 Å². The lowest BCUT2D eigenvalue weighted by molar-refractivity contribution is 0.206. The second-order valence-electron chi connectivity index (χ2n) is 7.81. The summed E-state index contributed by atoms with van der Waals surface area (Å²) in [5, 5.41) is 4.15. The minimum absolute atomic E-state index is 0.117. The largest absolute Gasteiger partial charge is 0.292 e. The van der Waals surface area contributed by atoms with E-state index in [4.69, 9.17) is 0 Å². The van der Waals surface area contributed by atoms with E-state index >= 15 is 0 Å². The topological polar surface area (TPSA) is 61.7 Å². The van der Waals surface area contributed by atoms with E-state index in [1.807, 2.05) is 18.1 Å². The van der Waals surface area contributed by atoms with E-state index < -0.39 is 16.4 Å². The molecule has 0 N–H and O–H groups in total. The van der Waals surface area contributed by atoms with Gasteiger partial charge in [0.1, 0.15) is 6.17 Å². The molecule has 26 heavy (non-hydrogen) atoms. The lowest BCUT2D eigenvalue weighted by Crippen LogP contribution is -2.49. The molecule has 3 heterocycles. The second-order valence-corrected chi connectivity index (χ2v) is 9.84. The van der Waals surface area contributed by atoms with Crippen LogP contribution >= 0.6 is 0 Å². The highest BCUT2D eigenvalue weighted by Crippen LogP contribution is 2.25. The molecule has 9 heteroatoms. The molecule has 0 aliphatic carbocycles. The zero-order valence-corrected chi connectivity index (χ0v) is 16.7. The number of alkyl halides is 1. The highest BCUT2D eigenvalue weighted by Gasteiger charge is 2.37. The van der Waals surface area contributed by atoms with Crippen molar-refractivity contribution in [1.29, 1.82) is 0 Å². The molecular weight excluding hydrogens is 357 g/mol. The Morgan fingerprint density at radius 1 is 1.35 bits per heavy atom. The summed E-state index contributed by atoms with van der Waals surface area (Å²) in [6, 6.07) is -0.117. The van der Waals surface area contributed by atoms with Gasteiger partial charge in [0.15, 0.2) is 0 Å². The molecule has 2 aliphatic heterocycles. The number of aryl methyl sites for hydroxylation is 1. The fourth-order valence-corrected chi connectivity index (χ4v) is 5.32. The summed E-state index contributed by atoms with van der Waals surface area (Å²) in [6.07, 6.45) is 4.95. The van der Waals surface area contributed by atoms with Crippen LogP contribution in [0, 0.1) is 5.92 Å². The normalized spacial score (nSPS) is 26.8. The van der Waals surface area contributed by atoms with Gasteiger partial charge >= 0.3 is 0 Å². The van der Waals surface area contributed by atoms with Crippen molar-refractivity contribution in [3.63, 3.8) is 0 Å². The number of likely N-dealkylation sites (tertiary alicyclic amines) is 1. The van der Waals surface area contributed by atoms with Crippen LogP contribution in [-0.4, -0.2) is 77.1 Å². The Bertz CT molecular complexity index is 702. The Morgan fingerprint density at radius 3 is 2.65 bits per heavy atom. The molecular formula is C17H30FN5O2S. The lowest BCUT2D eigenvalue weighted by Gasteiger charge is -2.34. The first kappa shape index (κ1) is 19.7. The molecule has 2 saturated heterocycles. The van der Waals surface area contributed by atoms with Crippen LogP contribution in [0.2, 0.25) is 0 Å². The van der Waals surface area contributed by atoms with E-state index in [2.05, 4.69) is 12.0 Å². The Morgan fingerprint density at radius 2 is 2.04 bits per heavy atom. The average Bonchev–Trinajstić information content (AvgIpc) is 3.13. The first-order chi connectivity index (χ1) is 12.3. The second kappa shape index (κ2) is 7.92. The predicted molar refractivity (Wildman–Crippen MR) is 98.4 cm³/mol. The monoisotopic (exact) mass is 387 g/mol. The minimum atomic E-state index is -3.48. The first-order valence-corrected chi connectivity index (χ1v) is 10.7. The maximum Gasteiger partial charge on any atom is 0.281 e. The van der Waals surface area contributed by atoms with Crippen LogP contribution in [0.25, 0.3) is 0 Å². The van der Waals surface area contributed by atoms with Crippen molar-refractivity contribution in [2.45, 2.75) is 44.9 Å². The number of aromatic nitrogens is 2. The zero-order valence-electron chi connectivity index (χ0n) is 15.9. The molecule has 0 saturated carbocycles. The third kappa shape index (κ3) is 4.44. The van der Waals surface area contributed by atoms with Crippen LogP contribution in [0.5, 0.6) is 0 Å². The summed E-state index contributed by atoms with van der Waals surface area (Å²) in [4.78, 5) is 2.03. The molecule has 0 spiro atoms. The quantitative estimate of drug-likeness (QED) is 0.737. The smallest absolute Gasteiger partial charge is 0.281 e. The molecule has 1 aromatic rings. The number of hydrogen-bond acceptors (Lipinski definition) is 4. The van der Waals surface area contributed by atoms with Gasteiger partial charge < -0.3 is 0 Å². The molecule has 0 radical (unpaired) electrons. The van der Waals surface area contributed by atoms with Crippen LogP contribution in [0.3, 0.4) is 0 Å². The third-order valence-electron chi connectivity index (χ3n) is 5.55. The minimum Gasteiger partial charge on any atom is -0.292 e. The average molecular weight is 388 g/mol. The third-order valence-corrected chi connectivity index (χ3v) is 7.51. The van der Waals surface area contributed by atoms with Crippen molar-refractivity contribution in [3.8, 4) is 0 Å². The van der Waals surface area contributed by atoms with E-state index in [1.54, 1.807) is 22.2 Å². The molecule has 0 unspecified atom stereocenters. The van der Waals surface area contributed by atoms with Gasteiger partial charge in [0.25, 0.3) is 10.2 Å². The summed E-state index contributed by atoms with van der Waals surface area (Å²) in [7, 11) is -0.0193. The van der Waals surface area contributed by atoms with Crippen molar-refractivity contribution in [1.82, 2.24) is 23.3 Å². The molecule has 2 fully saturated rings. The summed E-state index contributed by atoms with van der Waals surface area (Å²) in [6.45, 7) is 4.55. The Balaban J connectivity index is 1.63. The number of hydrogen-bond donors (Lipinski definition) is 0. The number of likely N-dealkylation sites (N-methyl/N-ethyl adjacent to an activating group) is 1. The zero-order chi connectivity index (χ0) is 18.9. The lowest BCUT2D eigenvalue weighted by atomic mass is 10.0. The van der Waals surface area contributed by atoms with Crippen molar-refractivity contribution in [2.24, 2.45) is 13.0 Å².